The van der Waals surface area contributed by atoms with Gasteiger partial charge in [0.1, 0.15) is 11.5 Å². The number of aromatic nitrogens is 3. The molecule has 0 saturated carbocycles. The van der Waals surface area contributed by atoms with Crippen LogP contribution in [0.3, 0.4) is 0 Å². The maximum atomic E-state index is 14.4. The summed E-state index contributed by atoms with van der Waals surface area (Å²) in [5, 5.41) is 13.7. The number of nitrogens with one attached hydrogen (secondary N) is 2. The Kier molecular flexibility index (Phi) is 6.97. The number of carbonyl (C=O) groups is 1. The number of alkyl halides is 3. The Balaban J connectivity index is 1.39. The molecule has 0 aliphatic heterocycles. The van der Waals surface area contributed by atoms with Crippen molar-refractivity contribution >= 4 is 32.4 Å². The molecule has 9 nitrogen and oxygen atoms in total. The summed E-state index contributed by atoms with van der Waals surface area (Å²) in [5.41, 5.74) is -0.916. The predicted octanol–water partition coefficient (Wildman–Crippen LogP) is 4.50. The van der Waals surface area contributed by atoms with Crippen LogP contribution >= 0.6 is 0 Å². The van der Waals surface area contributed by atoms with Gasteiger partial charge in [0.15, 0.2) is 0 Å². The van der Waals surface area contributed by atoms with E-state index < -0.39 is 39.2 Å². The fourth-order valence-electron chi connectivity index (χ4n) is 4.30. The monoisotopic (exact) mass is 585 g/mol. The molecule has 0 bridgehead atoms. The van der Waals surface area contributed by atoms with Gasteiger partial charge in [-0.15, -0.1) is 0 Å². The zero-order chi connectivity index (χ0) is 29.5. The Morgan fingerprint density at radius 3 is 2.44 bits per heavy atom. The number of nitrogens with zero attached hydrogens (tertiary/aromatic N) is 2. The van der Waals surface area contributed by atoms with Crippen molar-refractivity contribution < 1.29 is 30.8 Å². The lowest BCUT2D eigenvalue weighted by molar-refractivity contribution is -0.140. The molecule has 0 aliphatic carbocycles. The minimum atomic E-state index is -4.64. The van der Waals surface area contributed by atoms with Crippen molar-refractivity contribution in [1.82, 2.24) is 14.8 Å². The fraction of sp³-hybridized carbons (Fsp3) is 0.0741. The SMILES string of the molecule is NS(=O)(=O)c1ccc(NC(=O)c2cc(F)cc(Cn3ccc4cc(-c5cn[nH]c5C(F)(F)F)ccc4c3=O)c2)cc1. The lowest BCUT2D eigenvalue weighted by atomic mass is 10.0. The van der Waals surface area contributed by atoms with E-state index in [1.807, 2.05) is 5.10 Å². The number of halogens is 4. The van der Waals surface area contributed by atoms with Gasteiger partial charge in [0, 0.05) is 28.4 Å². The molecule has 0 unspecified atom stereocenters. The first-order valence-electron chi connectivity index (χ1n) is 11.8. The summed E-state index contributed by atoms with van der Waals surface area (Å²) in [6, 6.07) is 14.4. The van der Waals surface area contributed by atoms with Crippen LogP contribution < -0.4 is 16.0 Å². The maximum Gasteiger partial charge on any atom is 0.433 e. The predicted molar refractivity (Wildman–Crippen MR) is 142 cm³/mol. The summed E-state index contributed by atoms with van der Waals surface area (Å²) in [7, 11) is -3.91. The van der Waals surface area contributed by atoms with E-state index >= 15 is 0 Å². The molecule has 0 fully saturated rings. The largest absolute Gasteiger partial charge is 0.433 e. The van der Waals surface area contributed by atoms with Crippen LogP contribution in [-0.4, -0.2) is 29.1 Å². The number of benzene rings is 3. The van der Waals surface area contributed by atoms with Crippen molar-refractivity contribution in [1.29, 1.82) is 0 Å². The number of fused-ring (bicyclic) bond motifs is 1. The summed E-state index contributed by atoms with van der Waals surface area (Å²) in [6.45, 7) is -0.0996. The van der Waals surface area contributed by atoms with Gasteiger partial charge in [0.2, 0.25) is 10.0 Å². The maximum absolute atomic E-state index is 14.4. The van der Waals surface area contributed by atoms with Crippen LogP contribution in [0, 0.1) is 5.82 Å². The van der Waals surface area contributed by atoms with Crippen LogP contribution in [0.1, 0.15) is 21.6 Å². The number of H-pyrrole nitrogens is 1. The molecule has 2 aromatic heterocycles. The number of primary sulfonamides is 1. The lowest BCUT2D eigenvalue weighted by Crippen LogP contribution is -2.20. The highest BCUT2D eigenvalue weighted by Gasteiger charge is 2.36. The molecule has 0 atom stereocenters. The van der Waals surface area contributed by atoms with Crippen molar-refractivity contribution in [2.75, 3.05) is 5.32 Å². The van der Waals surface area contributed by atoms with Crippen LogP contribution in [0.5, 0.6) is 0 Å². The topological polar surface area (TPSA) is 140 Å². The summed E-state index contributed by atoms with van der Waals surface area (Å²) in [4.78, 5) is 25.7. The number of amides is 1. The Labute approximate surface area is 229 Å². The first kappa shape index (κ1) is 27.7. The molecule has 3 aromatic carbocycles. The highest BCUT2D eigenvalue weighted by Crippen LogP contribution is 2.36. The Bertz CT molecular complexity index is 1970. The van der Waals surface area contributed by atoms with Gasteiger partial charge in [-0.05, 0) is 77.2 Å². The molecule has 0 saturated heterocycles. The molecule has 0 radical (unpaired) electrons. The third-order valence-corrected chi connectivity index (χ3v) is 7.15. The minimum Gasteiger partial charge on any atom is -0.322 e. The molecule has 0 spiro atoms. The van der Waals surface area contributed by atoms with Crippen LogP contribution in [0.2, 0.25) is 0 Å². The van der Waals surface area contributed by atoms with Crippen molar-refractivity contribution in [2.24, 2.45) is 5.14 Å². The quantitative estimate of drug-likeness (QED) is 0.252. The third kappa shape index (κ3) is 5.88. The smallest absolute Gasteiger partial charge is 0.322 e. The summed E-state index contributed by atoms with van der Waals surface area (Å²) in [6.07, 6.45) is -2.15. The van der Waals surface area contributed by atoms with E-state index in [-0.39, 0.29) is 39.2 Å². The highest BCUT2D eigenvalue weighted by atomic mass is 32.2. The van der Waals surface area contributed by atoms with E-state index in [1.54, 1.807) is 6.07 Å². The van der Waals surface area contributed by atoms with Crippen LogP contribution in [0.25, 0.3) is 21.9 Å². The molecule has 2 heterocycles. The van der Waals surface area contributed by atoms with Crippen LogP contribution in [0.4, 0.5) is 23.2 Å². The molecular weight excluding hydrogens is 566 g/mol. The number of pyridine rings is 1. The number of carbonyl (C=O) groups excluding carboxylic acids is 1. The van der Waals surface area contributed by atoms with E-state index in [0.717, 1.165) is 18.3 Å². The van der Waals surface area contributed by atoms with E-state index in [0.29, 0.717) is 10.9 Å². The second-order valence-corrected chi connectivity index (χ2v) is 10.6. The first-order chi connectivity index (χ1) is 19.3. The van der Waals surface area contributed by atoms with E-state index in [9.17, 15) is 35.6 Å². The lowest BCUT2D eigenvalue weighted by Gasteiger charge is -2.11. The molecule has 5 rings (SSSR count). The number of sulfonamides is 1. The van der Waals surface area contributed by atoms with Crippen LogP contribution in [-0.2, 0) is 22.7 Å². The van der Waals surface area contributed by atoms with E-state index in [1.165, 1.54) is 59.3 Å². The zero-order valence-electron chi connectivity index (χ0n) is 20.7. The van der Waals surface area contributed by atoms with Crippen molar-refractivity contribution in [3.63, 3.8) is 0 Å². The highest BCUT2D eigenvalue weighted by molar-refractivity contribution is 7.89. The number of rotatable bonds is 6. The van der Waals surface area contributed by atoms with Gasteiger partial charge in [0.05, 0.1) is 17.6 Å². The van der Waals surface area contributed by atoms with Gasteiger partial charge in [0.25, 0.3) is 11.5 Å². The van der Waals surface area contributed by atoms with E-state index in [2.05, 4.69) is 10.4 Å². The van der Waals surface area contributed by atoms with Gasteiger partial charge in [-0.2, -0.15) is 18.3 Å². The van der Waals surface area contributed by atoms with Gasteiger partial charge in [-0.3, -0.25) is 14.7 Å². The molecule has 0 aliphatic rings. The molecule has 210 valence electrons. The van der Waals surface area contributed by atoms with Crippen LogP contribution in [0.15, 0.2) is 88.8 Å². The van der Waals surface area contributed by atoms with Gasteiger partial charge >= 0.3 is 6.18 Å². The molecule has 5 aromatic rings. The number of aromatic amines is 1. The minimum absolute atomic E-state index is 0.0467. The molecular formula is C27H19F4N5O4S. The van der Waals surface area contributed by atoms with Crippen molar-refractivity contribution in [2.45, 2.75) is 17.6 Å². The fourth-order valence-corrected chi connectivity index (χ4v) is 4.82. The third-order valence-electron chi connectivity index (χ3n) is 6.22. The number of nitrogens with two attached hydrogens (primary N) is 1. The Hall–Kier alpha value is -4.82. The molecule has 1 amide bonds. The summed E-state index contributed by atoms with van der Waals surface area (Å²) in [5.74, 6) is -1.40. The number of hydrogen-bond donors (Lipinski definition) is 3. The standard InChI is InChI=1S/C27H19F4N5O4S/c28-19-10-15(9-18(12-19)25(37)34-20-2-4-21(5-3-20)41(32,39)40)14-36-8-7-17-11-16(1-6-22(17)26(36)38)23-13-33-35-24(23)27(29,30)31/h1-13H,14H2,(H,33,35)(H,34,37)(H2,32,39,40). The van der Waals surface area contributed by atoms with Gasteiger partial charge in [-0.1, -0.05) is 6.07 Å². The Morgan fingerprint density at radius 2 is 1.76 bits per heavy atom. The number of anilines is 1. The normalized spacial score (nSPS) is 12.0. The second-order valence-electron chi connectivity index (χ2n) is 9.08. The summed E-state index contributed by atoms with van der Waals surface area (Å²) < 4.78 is 78.3. The first-order valence-corrected chi connectivity index (χ1v) is 13.3. The number of hydrogen-bond acceptors (Lipinski definition) is 5. The molecule has 4 N–H and O–H groups in total. The molecule has 14 heteroatoms. The zero-order valence-corrected chi connectivity index (χ0v) is 21.6. The van der Waals surface area contributed by atoms with Gasteiger partial charge < -0.3 is 9.88 Å². The molecule has 41 heavy (non-hydrogen) atoms. The van der Waals surface area contributed by atoms with Crippen molar-refractivity contribution in [3.8, 4) is 11.1 Å². The second kappa shape index (κ2) is 10.3. The average Bonchev–Trinajstić information content (AvgIpc) is 3.41. The summed E-state index contributed by atoms with van der Waals surface area (Å²) >= 11 is 0. The Morgan fingerprint density at radius 1 is 1.02 bits per heavy atom. The average molecular weight is 586 g/mol. The van der Waals surface area contributed by atoms with Gasteiger partial charge in [-0.25, -0.2) is 17.9 Å². The van der Waals surface area contributed by atoms with E-state index in [4.69, 9.17) is 5.14 Å². The van der Waals surface area contributed by atoms with Crippen molar-refractivity contribution in [3.05, 3.63) is 112 Å².